The minimum Gasteiger partial charge on any atom is -0.507 e. The summed E-state index contributed by atoms with van der Waals surface area (Å²) >= 11 is 0. The second-order valence-corrected chi connectivity index (χ2v) is 6.59. The number of phenols is 1. The Kier molecular flexibility index (Phi) is 4.19. The highest BCUT2D eigenvalue weighted by molar-refractivity contribution is 5.97. The monoisotopic (exact) mass is 307 g/mol. The number of halogens is 1. The van der Waals surface area contributed by atoms with Gasteiger partial charge in [-0.1, -0.05) is 0 Å². The van der Waals surface area contributed by atoms with Gasteiger partial charge in [0, 0.05) is 18.2 Å². The van der Waals surface area contributed by atoms with Gasteiger partial charge in [0.25, 0.3) is 0 Å². The summed E-state index contributed by atoms with van der Waals surface area (Å²) in [4.78, 5) is 13.6. The molecule has 1 aromatic rings. The molecule has 0 amide bonds. The van der Waals surface area contributed by atoms with E-state index in [4.69, 9.17) is 0 Å². The van der Waals surface area contributed by atoms with E-state index < -0.39 is 5.82 Å². The van der Waals surface area contributed by atoms with E-state index in [1.54, 1.807) is 0 Å². The standard InChI is InChI=1S/C17H22FNO3/c1-10(20)14-8-13(18)7-12(17(14)22)9-19-5-4-11-2-3-16(21)15(19)6-11/h7-8,11,15-16,21-22H,2-6,9H2,1H3. The number of hydrogen-bond donors (Lipinski definition) is 2. The molecular formula is C17H22FNO3. The zero-order chi connectivity index (χ0) is 15.9. The SMILES string of the molecule is CC(=O)c1cc(F)cc(CN2CCC3CCC(O)C2C3)c1O. The van der Waals surface area contributed by atoms with Crippen molar-refractivity contribution < 1.29 is 19.4 Å². The minimum atomic E-state index is -0.517. The van der Waals surface area contributed by atoms with Gasteiger partial charge in [-0.05, 0) is 57.2 Å². The van der Waals surface area contributed by atoms with Crippen LogP contribution in [0.2, 0.25) is 0 Å². The molecule has 1 saturated heterocycles. The van der Waals surface area contributed by atoms with Crippen LogP contribution in [-0.4, -0.2) is 39.6 Å². The van der Waals surface area contributed by atoms with Crippen molar-refractivity contribution >= 4 is 5.78 Å². The topological polar surface area (TPSA) is 60.8 Å². The van der Waals surface area contributed by atoms with Gasteiger partial charge in [-0.15, -0.1) is 0 Å². The molecule has 2 N–H and O–H groups in total. The second kappa shape index (κ2) is 5.97. The Bertz CT molecular complexity index is 590. The van der Waals surface area contributed by atoms with Gasteiger partial charge in [0.15, 0.2) is 5.78 Å². The molecule has 1 saturated carbocycles. The first-order valence-electron chi connectivity index (χ1n) is 7.90. The lowest BCUT2D eigenvalue weighted by molar-refractivity contribution is -0.0313. The van der Waals surface area contributed by atoms with Crippen LogP contribution in [0, 0.1) is 11.7 Å². The number of phenolic OH excluding ortho intramolecular Hbond substituents is 1. The van der Waals surface area contributed by atoms with Crippen molar-refractivity contribution in [1.29, 1.82) is 0 Å². The molecular weight excluding hydrogens is 285 g/mol. The van der Waals surface area contributed by atoms with Crippen molar-refractivity contribution in [2.24, 2.45) is 5.92 Å². The summed E-state index contributed by atoms with van der Waals surface area (Å²) in [6.07, 6.45) is 3.54. The maximum Gasteiger partial charge on any atom is 0.163 e. The van der Waals surface area contributed by atoms with Crippen LogP contribution in [0.1, 0.15) is 48.5 Å². The predicted octanol–water partition coefficient (Wildman–Crippen LogP) is 2.47. The number of piperidine rings is 1. The molecule has 0 aromatic heterocycles. The van der Waals surface area contributed by atoms with Gasteiger partial charge in [-0.25, -0.2) is 4.39 Å². The highest BCUT2D eigenvalue weighted by Crippen LogP contribution is 2.36. The van der Waals surface area contributed by atoms with Crippen molar-refractivity contribution in [3.8, 4) is 5.75 Å². The summed E-state index contributed by atoms with van der Waals surface area (Å²) < 4.78 is 13.7. The maximum absolute atomic E-state index is 13.7. The van der Waals surface area contributed by atoms with Crippen molar-refractivity contribution in [2.75, 3.05) is 6.54 Å². The number of carbonyl (C=O) groups is 1. The van der Waals surface area contributed by atoms with E-state index in [9.17, 15) is 19.4 Å². The largest absolute Gasteiger partial charge is 0.507 e. The van der Waals surface area contributed by atoms with E-state index in [0.717, 1.165) is 38.3 Å². The van der Waals surface area contributed by atoms with Gasteiger partial charge in [0.1, 0.15) is 11.6 Å². The van der Waals surface area contributed by atoms with Gasteiger partial charge >= 0.3 is 0 Å². The third kappa shape index (κ3) is 2.88. The first-order chi connectivity index (χ1) is 10.5. The summed E-state index contributed by atoms with van der Waals surface area (Å²) in [6.45, 7) is 2.50. The predicted molar refractivity (Wildman–Crippen MR) is 80.2 cm³/mol. The van der Waals surface area contributed by atoms with E-state index in [0.29, 0.717) is 18.0 Å². The number of likely N-dealkylation sites (tertiary alicyclic amines) is 1. The lowest BCUT2D eigenvalue weighted by atomic mass is 9.78. The molecule has 3 rings (SSSR count). The van der Waals surface area contributed by atoms with Crippen LogP contribution in [0.3, 0.4) is 0 Å². The number of aliphatic hydroxyl groups excluding tert-OH is 1. The third-order valence-electron chi connectivity index (χ3n) is 5.09. The number of rotatable bonds is 3. The van der Waals surface area contributed by atoms with Crippen LogP contribution in [0.15, 0.2) is 12.1 Å². The highest BCUT2D eigenvalue weighted by atomic mass is 19.1. The number of fused-ring (bicyclic) bond motifs is 2. The quantitative estimate of drug-likeness (QED) is 0.842. The van der Waals surface area contributed by atoms with Gasteiger partial charge in [-0.3, -0.25) is 9.69 Å². The van der Waals surface area contributed by atoms with E-state index in [-0.39, 0.29) is 29.2 Å². The van der Waals surface area contributed by atoms with E-state index >= 15 is 0 Å². The number of benzene rings is 1. The molecule has 3 atom stereocenters. The Hall–Kier alpha value is -1.46. The molecule has 5 heteroatoms. The Balaban J connectivity index is 1.85. The van der Waals surface area contributed by atoms with E-state index in [1.165, 1.54) is 13.0 Å². The number of aliphatic hydroxyl groups is 1. The van der Waals surface area contributed by atoms with Gasteiger partial charge in [0.05, 0.1) is 11.7 Å². The van der Waals surface area contributed by atoms with Crippen LogP contribution < -0.4 is 0 Å². The zero-order valence-electron chi connectivity index (χ0n) is 12.8. The second-order valence-electron chi connectivity index (χ2n) is 6.59. The zero-order valence-corrected chi connectivity index (χ0v) is 12.8. The van der Waals surface area contributed by atoms with Crippen molar-refractivity contribution in [1.82, 2.24) is 4.90 Å². The van der Waals surface area contributed by atoms with Crippen LogP contribution in [-0.2, 0) is 6.54 Å². The molecule has 0 radical (unpaired) electrons. The average Bonchev–Trinajstić information content (AvgIpc) is 2.48. The molecule has 2 bridgehead atoms. The smallest absolute Gasteiger partial charge is 0.163 e. The van der Waals surface area contributed by atoms with Crippen molar-refractivity contribution in [3.63, 3.8) is 0 Å². The van der Waals surface area contributed by atoms with Crippen molar-refractivity contribution in [3.05, 3.63) is 29.1 Å². The summed E-state index contributed by atoms with van der Waals surface area (Å²) in [6, 6.07) is 2.42. The molecule has 1 aromatic carbocycles. The summed E-state index contributed by atoms with van der Waals surface area (Å²) in [7, 11) is 0. The number of ketones is 1. The molecule has 1 aliphatic carbocycles. The van der Waals surface area contributed by atoms with Crippen LogP contribution in [0.4, 0.5) is 4.39 Å². The Morgan fingerprint density at radius 2 is 2.14 bits per heavy atom. The fourth-order valence-corrected chi connectivity index (χ4v) is 3.84. The molecule has 4 nitrogen and oxygen atoms in total. The lowest BCUT2D eigenvalue weighted by Crippen LogP contribution is -2.51. The van der Waals surface area contributed by atoms with Gasteiger partial charge in [-0.2, -0.15) is 0 Å². The first-order valence-corrected chi connectivity index (χ1v) is 7.90. The maximum atomic E-state index is 13.7. The molecule has 2 fully saturated rings. The number of hydrogen-bond acceptors (Lipinski definition) is 4. The minimum absolute atomic E-state index is 0.0223. The summed E-state index contributed by atoms with van der Waals surface area (Å²) in [5, 5.41) is 20.4. The molecule has 120 valence electrons. The lowest BCUT2D eigenvalue weighted by Gasteiger charge is -2.45. The van der Waals surface area contributed by atoms with E-state index in [1.807, 2.05) is 0 Å². The number of Topliss-reactive ketones (excluding diaryl/α,β-unsaturated/α-hetero) is 1. The van der Waals surface area contributed by atoms with Gasteiger partial charge in [0.2, 0.25) is 0 Å². The fourth-order valence-electron chi connectivity index (χ4n) is 3.84. The molecule has 3 unspecified atom stereocenters. The number of nitrogens with zero attached hydrogens (tertiary/aromatic N) is 1. The van der Waals surface area contributed by atoms with Crippen LogP contribution in [0.5, 0.6) is 5.75 Å². The van der Waals surface area contributed by atoms with Crippen LogP contribution >= 0.6 is 0 Å². The number of aromatic hydroxyl groups is 1. The van der Waals surface area contributed by atoms with Gasteiger partial charge < -0.3 is 10.2 Å². The highest BCUT2D eigenvalue weighted by Gasteiger charge is 2.37. The summed E-state index contributed by atoms with van der Waals surface area (Å²) in [5.74, 6) is -0.341. The fraction of sp³-hybridized carbons (Fsp3) is 0.588. The molecule has 0 spiro atoms. The normalized spacial score (nSPS) is 28.6. The van der Waals surface area contributed by atoms with E-state index in [2.05, 4.69) is 4.90 Å². The first kappa shape index (κ1) is 15.4. The Morgan fingerprint density at radius 1 is 1.36 bits per heavy atom. The number of carbonyl (C=O) groups excluding carboxylic acids is 1. The third-order valence-corrected chi connectivity index (χ3v) is 5.09. The Morgan fingerprint density at radius 3 is 2.86 bits per heavy atom. The molecule has 1 aliphatic heterocycles. The summed E-state index contributed by atoms with van der Waals surface area (Å²) in [5.41, 5.74) is 0.440. The molecule has 2 aliphatic rings. The van der Waals surface area contributed by atoms with Crippen LogP contribution in [0.25, 0.3) is 0 Å². The molecule has 22 heavy (non-hydrogen) atoms. The molecule has 1 heterocycles. The Labute approximate surface area is 129 Å². The van der Waals surface area contributed by atoms with Crippen molar-refractivity contribution in [2.45, 2.75) is 51.3 Å². The average molecular weight is 307 g/mol.